The molecule has 1 N–H and O–H groups in total. The molecule has 1 aliphatic carbocycles. The lowest BCUT2D eigenvalue weighted by Crippen LogP contribution is -2.37. The molecule has 1 heterocycles. The minimum atomic E-state index is -3.42. The highest BCUT2D eigenvalue weighted by Crippen LogP contribution is 2.26. The number of ether oxygens (including phenoxy) is 1. The molecule has 7 heteroatoms. The van der Waals surface area contributed by atoms with E-state index in [1.165, 1.54) is 28.5 Å². The summed E-state index contributed by atoms with van der Waals surface area (Å²) in [4.78, 5) is 1.11. The minimum absolute atomic E-state index is 0.179. The SMILES string of the molecule is COCC(C)N(C)S(=O)(=O)c1ccc(CCNC2CC2)s1. The Labute approximate surface area is 131 Å². The van der Waals surface area contributed by atoms with Gasteiger partial charge in [-0.2, -0.15) is 4.31 Å². The number of hydrogen-bond donors (Lipinski definition) is 1. The Bertz CT molecular complexity index is 552. The average molecular weight is 332 g/mol. The van der Waals surface area contributed by atoms with Crippen molar-refractivity contribution in [3.63, 3.8) is 0 Å². The fourth-order valence-electron chi connectivity index (χ4n) is 2.04. The summed E-state index contributed by atoms with van der Waals surface area (Å²) >= 11 is 1.37. The lowest BCUT2D eigenvalue weighted by Gasteiger charge is -2.22. The molecular weight excluding hydrogens is 308 g/mol. The first kappa shape index (κ1) is 16.9. The monoisotopic (exact) mass is 332 g/mol. The van der Waals surface area contributed by atoms with Gasteiger partial charge in [0.05, 0.1) is 6.61 Å². The third-order valence-electron chi connectivity index (χ3n) is 3.68. The smallest absolute Gasteiger partial charge is 0.252 e. The Morgan fingerprint density at radius 2 is 2.19 bits per heavy atom. The topological polar surface area (TPSA) is 58.6 Å². The molecule has 1 saturated carbocycles. The fraction of sp³-hybridized carbons (Fsp3) is 0.714. The predicted octanol–water partition coefficient (Wildman–Crippen LogP) is 1.70. The van der Waals surface area contributed by atoms with Gasteiger partial charge in [-0.25, -0.2) is 8.42 Å². The zero-order chi connectivity index (χ0) is 15.5. The number of rotatable bonds is 9. The molecule has 1 atom stereocenters. The second-order valence-electron chi connectivity index (χ2n) is 5.52. The van der Waals surface area contributed by atoms with Crippen LogP contribution >= 0.6 is 11.3 Å². The van der Waals surface area contributed by atoms with E-state index >= 15 is 0 Å². The van der Waals surface area contributed by atoms with Gasteiger partial charge in [-0.3, -0.25) is 0 Å². The second kappa shape index (κ2) is 7.19. The van der Waals surface area contributed by atoms with E-state index in [-0.39, 0.29) is 6.04 Å². The Balaban J connectivity index is 1.97. The van der Waals surface area contributed by atoms with Gasteiger partial charge in [0.15, 0.2) is 0 Å². The molecule has 0 amide bonds. The molecule has 0 bridgehead atoms. The van der Waals surface area contributed by atoms with Crippen molar-refractivity contribution in [2.45, 2.75) is 42.5 Å². The number of nitrogens with one attached hydrogen (secondary N) is 1. The van der Waals surface area contributed by atoms with E-state index in [9.17, 15) is 8.42 Å². The molecule has 1 fully saturated rings. The minimum Gasteiger partial charge on any atom is -0.383 e. The predicted molar refractivity (Wildman–Crippen MR) is 85.3 cm³/mol. The average Bonchev–Trinajstić information content (AvgIpc) is 3.13. The highest BCUT2D eigenvalue weighted by molar-refractivity contribution is 7.91. The van der Waals surface area contributed by atoms with Crippen molar-refractivity contribution in [3.8, 4) is 0 Å². The summed E-state index contributed by atoms with van der Waals surface area (Å²) in [7, 11) is -0.236. The number of hydrogen-bond acceptors (Lipinski definition) is 5. The van der Waals surface area contributed by atoms with Crippen molar-refractivity contribution in [1.29, 1.82) is 0 Å². The highest BCUT2D eigenvalue weighted by Gasteiger charge is 2.27. The van der Waals surface area contributed by atoms with Gasteiger partial charge in [-0.15, -0.1) is 11.3 Å². The zero-order valence-corrected chi connectivity index (χ0v) is 14.5. The second-order valence-corrected chi connectivity index (χ2v) is 8.92. The zero-order valence-electron chi connectivity index (χ0n) is 12.8. The molecule has 120 valence electrons. The number of methoxy groups -OCH3 is 1. The van der Waals surface area contributed by atoms with Crippen molar-refractivity contribution in [2.24, 2.45) is 0 Å². The summed E-state index contributed by atoms with van der Waals surface area (Å²) in [6.07, 6.45) is 3.42. The number of sulfonamides is 1. The molecule has 1 unspecified atom stereocenters. The summed E-state index contributed by atoms with van der Waals surface area (Å²) in [5, 5.41) is 3.44. The summed E-state index contributed by atoms with van der Waals surface area (Å²) in [6, 6.07) is 4.14. The van der Waals surface area contributed by atoms with E-state index in [4.69, 9.17) is 4.74 Å². The van der Waals surface area contributed by atoms with Crippen LogP contribution in [-0.2, 0) is 21.2 Å². The lowest BCUT2D eigenvalue weighted by molar-refractivity contribution is 0.149. The van der Waals surface area contributed by atoms with Gasteiger partial charge in [0.25, 0.3) is 10.0 Å². The van der Waals surface area contributed by atoms with Crippen molar-refractivity contribution >= 4 is 21.4 Å². The van der Waals surface area contributed by atoms with Gasteiger partial charge in [0.2, 0.25) is 0 Å². The normalized spacial score (nSPS) is 17.3. The molecule has 0 radical (unpaired) electrons. The molecule has 0 spiro atoms. The van der Waals surface area contributed by atoms with Crippen LogP contribution in [0.25, 0.3) is 0 Å². The quantitative estimate of drug-likeness (QED) is 0.748. The molecule has 5 nitrogen and oxygen atoms in total. The van der Waals surface area contributed by atoms with Crippen LogP contribution in [0.2, 0.25) is 0 Å². The fourth-order valence-corrected chi connectivity index (χ4v) is 4.93. The molecule has 0 aliphatic heterocycles. The van der Waals surface area contributed by atoms with Gasteiger partial charge in [0.1, 0.15) is 4.21 Å². The Hall–Kier alpha value is -0.470. The maximum absolute atomic E-state index is 12.5. The third-order valence-corrected chi connectivity index (χ3v) is 7.26. The van der Waals surface area contributed by atoms with Crippen LogP contribution in [-0.4, -0.2) is 52.1 Å². The molecule has 1 aliphatic rings. The first-order chi connectivity index (χ1) is 9.95. The number of likely N-dealkylation sites (N-methyl/N-ethyl adjacent to an activating group) is 1. The molecular formula is C14H24N2O3S2. The van der Waals surface area contributed by atoms with Crippen molar-refractivity contribution < 1.29 is 13.2 Å². The Morgan fingerprint density at radius 1 is 1.48 bits per heavy atom. The largest absolute Gasteiger partial charge is 0.383 e. The summed E-state index contributed by atoms with van der Waals surface area (Å²) < 4.78 is 31.9. The maximum Gasteiger partial charge on any atom is 0.252 e. The summed E-state index contributed by atoms with van der Waals surface area (Å²) in [5.41, 5.74) is 0. The van der Waals surface area contributed by atoms with Crippen molar-refractivity contribution in [1.82, 2.24) is 9.62 Å². The molecule has 0 aromatic carbocycles. The van der Waals surface area contributed by atoms with Gasteiger partial charge < -0.3 is 10.1 Å². The van der Waals surface area contributed by atoms with E-state index in [1.54, 1.807) is 20.2 Å². The van der Waals surface area contributed by atoms with Gasteiger partial charge in [-0.05, 0) is 38.3 Å². The van der Waals surface area contributed by atoms with Crippen LogP contribution < -0.4 is 5.32 Å². The van der Waals surface area contributed by atoms with Crippen LogP contribution in [0, 0.1) is 0 Å². The van der Waals surface area contributed by atoms with Crippen LogP contribution in [0.5, 0.6) is 0 Å². The Kier molecular flexibility index (Phi) is 5.79. The molecule has 1 aromatic rings. The maximum atomic E-state index is 12.5. The third kappa shape index (κ3) is 4.50. The van der Waals surface area contributed by atoms with E-state index in [1.807, 2.05) is 13.0 Å². The van der Waals surface area contributed by atoms with Gasteiger partial charge in [-0.1, -0.05) is 0 Å². The number of nitrogens with zero attached hydrogens (tertiary/aromatic N) is 1. The first-order valence-electron chi connectivity index (χ1n) is 7.24. The molecule has 0 saturated heterocycles. The summed E-state index contributed by atoms with van der Waals surface area (Å²) in [5.74, 6) is 0. The van der Waals surface area contributed by atoms with E-state index < -0.39 is 10.0 Å². The lowest BCUT2D eigenvalue weighted by atomic mass is 10.3. The van der Waals surface area contributed by atoms with E-state index in [2.05, 4.69) is 5.32 Å². The van der Waals surface area contributed by atoms with E-state index in [0.29, 0.717) is 16.9 Å². The van der Waals surface area contributed by atoms with Crippen LogP contribution in [0.1, 0.15) is 24.6 Å². The molecule has 2 rings (SSSR count). The molecule has 1 aromatic heterocycles. The van der Waals surface area contributed by atoms with Gasteiger partial charge >= 0.3 is 0 Å². The standard InChI is InChI=1S/C14H24N2O3S2/c1-11(10-19-3)16(2)21(17,18)14-7-6-13(20-14)8-9-15-12-4-5-12/h6-7,11-12,15H,4-5,8-10H2,1-3H3. The van der Waals surface area contributed by atoms with Gasteiger partial charge in [0, 0.05) is 37.7 Å². The summed E-state index contributed by atoms with van der Waals surface area (Å²) in [6.45, 7) is 3.15. The Morgan fingerprint density at radius 3 is 2.81 bits per heavy atom. The van der Waals surface area contributed by atoms with Crippen LogP contribution in [0.4, 0.5) is 0 Å². The van der Waals surface area contributed by atoms with Crippen molar-refractivity contribution in [3.05, 3.63) is 17.0 Å². The van der Waals surface area contributed by atoms with Crippen LogP contribution in [0.3, 0.4) is 0 Å². The van der Waals surface area contributed by atoms with Crippen LogP contribution in [0.15, 0.2) is 16.3 Å². The molecule has 21 heavy (non-hydrogen) atoms. The highest BCUT2D eigenvalue weighted by atomic mass is 32.2. The van der Waals surface area contributed by atoms with E-state index in [0.717, 1.165) is 17.8 Å². The first-order valence-corrected chi connectivity index (χ1v) is 9.50. The van der Waals surface area contributed by atoms with Crippen molar-refractivity contribution in [2.75, 3.05) is 27.3 Å². The number of thiophene rings is 1.